The average Bonchev–Trinajstić information content (AvgIpc) is 2.83. The predicted octanol–water partition coefficient (Wildman–Crippen LogP) is 4.23. The van der Waals surface area contributed by atoms with Crippen molar-refractivity contribution in [2.24, 2.45) is 7.05 Å². The fourth-order valence-electron chi connectivity index (χ4n) is 4.15. The van der Waals surface area contributed by atoms with E-state index >= 15 is 0 Å². The van der Waals surface area contributed by atoms with Crippen LogP contribution in [-0.4, -0.2) is 36.1 Å². The van der Waals surface area contributed by atoms with Gasteiger partial charge in [0.2, 0.25) is 0 Å². The van der Waals surface area contributed by atoms with E-state index < -0.39 is 5.82 Å². The fourth-order valence-corrected chi connectivity index (χ4v) is 4.31. The Kier molecular flexibility index (Phi) is 5.83. The van der Waals surface area contributed by atoms with Gasteiger partial charge in [-0.25, -0.2) is 29.3 Å². The second-order valence-electron chi connectivity index (χ2n) is 8.42. The number of aryl methyl sites for hydroxylation is 2. The van der Waals surface area contributed by atoms with Crippen molar-refractivity contribution in [3.63, 3.8) is 0 Å². The number of halogens is 2. The van der Waals surface area contributed by atoms with E-state index in [0.29, 0.717) is 36.9 Å². The van der Waals surface area contributed by atoms with Crippen molar-refractivity contribution in [2.45, 2.75) is 38.7 Å². The van der Waals surface area contributed by atoms with E-state index in [1.165, 1.54) is 10.6 Å². The summed E-state index contributed by atoms with van der Waals surface area (Å²) < 4.78 is 22.3. The van der Waals surface area contributed by atoms with Crippen LogP contribution in [0.4, 0.5) is 4.39 Å². The monoisotopic (exact) mass is 480 g/mol. The minimum absolute atomic E-state index is 0.107. The number of rotatable bonds is 3. The highest BCUT2D eigenvalue weighted by molar-refractivity contribution is 6.30. The van der Waals surface area contributed by atoms with Crippen molar-refractivity contribution in [2.75, 3.05) is 6.61 Å². The highest BCUT2D eigenvalue weighted by Gasteiger charge is 2.29. The maximum absolute atomic E-state index is 14.9. The molecule has 8 nitrogen and oxygen atoms in total. The molecule has 3 aromatic heterocycles. The maximum Gasteiger partial charge on any atom is 0.279 e. The molecule has 4 heterocycles. The Morgan fingerprint density at radius 3 is 2.62 bits per heavy atom. The number of fused-ring (bicyclic) bond motifs is 1. The third-order valence-corrected chi connectivity index (χ3v) is 6.41. The average molecular weight is 481 g/mol. The lowest BCUT2D eigenvalue weighted by molar-refractivity contribution is 0.00360. The van der Waals surface area contributed by atoms with E-state index in [1.807, 2.05) is 6.92 Å². The van der Waals surface area contributed by atoms with Crippen molar-refractivity contribution in [1.82, 2.24) is 29.5 Å². The predicted molar refractivity (Wildman–Crippen MR) is 125 cm³/mol. The lowest BCUT2D eigenvalue weighted by atomic mass is 9.92. The van der Waals surface area contributed by atoms with Crippen LogP contribution in [0.2, 0.25) is 5.02 Å². The third kappa shape index (κ3) is 4.05. The van der Waals surface area contributed by atoms with Crippen LogP contribution < -0.4 is 5.56 Å². The van der Waals surface area contributed by atoms with Crippen LogP contribution in [0.1, 0.15) is 47.9 Å². The van der Waals surface area contributed by atoms with Gasteiger partial charge < -0.3 is 4.74 Å². The van der Waals surface area contributed by atoms with Crippen molar-refractivity contribution < 1.29 is 9.13 Å². The molecule has 0 amide bonds. The summed E-state index contributed by atoms with van der Waals surface area (Å²) >= 11 is 5.97. The van der Waals surface area contributed by atoms with Crippen LogP contribution in [0.15, 0.2) is 35.4 Å². The Morgan fingerprint density at radius 2 is 1.88 bits per heavy atom. The molecular formula is C24H22ClFN6O2. The van der Waals surface area contributed by atoms with Gasteiger partial charge in [0, 0.05) is 48.1 Å². The van der Waals surface area contributed by atoms with E-state index in [0.717, 1.165) is 5.56 Å². The van der Waals surface area contributed by atoms with Gasteiger partial charge in [-0.2, -0.15) is 0 Å². The summed E-state index contributed by atoms with van der Waals surface area (Å²) in [6.45, 7) is 4.02. The molecule has 174 valence electrons. The van der Waals surface area contributed by atoms with E-state index in [4.69, 9.17) is 21.3 Å². The van der Waals surface area contributed by atoms with Gasteiger partial charge in [0.05, 0.1) is 6.10 Å². The molecule has 0 aliphatic carbocycles. The molecular weight excluding hydrogens is 459 g/mol. The van der Waals surface area contributed by atoms with Gasteiger partial charge in [-0.1, -0.05) is 11.6 Å². The number of ether oxygens (including phenoxy) is 1. The van der Waals surface area contributed by atoms with Crippen LogP contribution in [0.3, 0.4) is 0 Å². The van der Waals surface area contributed by atoms with Gasteiger partial charge >= 0.3 is 0 Å². The second-order valence-corrected chi connectivity index (χ2v) is 8.86. The molecule has 1 aromatic carbocycles. The Labute approximate surface area is 199 Å². The summed E-state index contributed by atoms with van der Waals surface area (Å²) in [5, 5.41) is 0.271. The minimum atomic E-state index is -0.541. The molecule has 0 saturated carbocycles. The molecule has 1 fully saturated rings. The molecule has 0 bridgehead atoms. The Morgan fingerprint density at radius 1 is 1.12 bits per heavy atom. The molecule has 0 spiro atoms. The summed E-state index contributed by atoms with van der Waals surface area (Å²) in [6.07, 6.45) is 4.53. The molecule has 10 heteroatoms. The quantitative estimate of drug-likeness (QED) is 0.433. The topological polar surface area (TPSA) is 95.7 Å². The summed E-state index contributed by atoms with van der Waals surface area (Å²) in [6, 6.07) is 4.36. The van der Waals surface area contributed by atoms with Crippen LogP contribution in [0.25, 0.3) is 22.3 Å². The number of nitrogens with zero attached hydrogens (tertiary/aromatic N) is 6. The standard InChI is InChI=1S/C24H22ClFN6O2/c1-12-27-10-15(11-28-12)19-8-14(6-7-34-19)23-30-20(17-5-4-16(25)9-18(17)26)21-22(31-23)24(33)32(3)13(2)29-21/h4-5,9-11,14,19H,6-8H2,1-3H3/t14-,19+/m0/s1. The van der Waals surface area contributed by atoms with Gasteiger partial charge in [0.15, 0.2) is 5.52 Å². The zero-order valence-electron chi connectivity index (χ0n) is 18.9. The normalized spacial score (nSPS) is 18.4. The van der Waals surface area contributed by atoms with Gasteiger partial charge in [0.25, 0.3) is 5.56 Å². The molecule has 4 aromatic rings. The summed E-state index contributed by atoms with van der Waals surface area (Å²) in [5.74, 6) is 0.975. The first-order chi connectivity index (χ1) is 16.3. The molecule has 34 heavy (non-hydrogen) atoms. The van der Waals surface area contributed by atoms with E-state index in [2.05, 4.69) is 19.9 Å². The smallest absolute Gasteiger partial charge is 0.279 e. The van der Waals surface area contributed by atoms with Crippen LogP contribution in [0, 0.1) is 19.7 Å². The molecule has 0 N–H and O–H groups in total. The lowest BCUT2D eigenvalue weighted by Gasteiger charge is -2.29. The Bertz CT molecular complexity index is 1460. The van der Waals surface area contributed by atoms with E-state index in [1.54, 1.807) is 38.5 Å². The van der Waals surface area contributed by atoms with E-state index in [9.17, 15) is 9.18 Å². The van der Waals surface area contributed by atoms with Gasteiger partial charge in [-0.3, -0.25) is 9.36 Å². The number of benzene rings is 1. The van der Waals surface area contributed by atoms with Gasteiger partial charge in [-0.15, -0.1) is 0 Å². The summed E-state index contributed by atoms with van der Waals surface area (Å²) in [7, 11) is 1.64. The lowest BCUT2D eigenvalue weighted by Crippen LogP contribution is -2.25. The van der Waals surface area contributed by atoms with E-state index in [-0.39, 0.29) is 44.9 Å². The van der Waals surface area contributed by atoms with Gasteiger partial charge in [0.1, 0.15) is 34.5 Å². The first-order valence-electron chi connectivity index (χ1n) is 10.9. The second kappa shape index (κ2) is 8.81. The molecule has 0 radical (unpaired) electrons. The van der Waals surface area contributed by atoms with Crippen LogP contribution >= 0.6 is 11.6 Å². The molecule has 0 unspecified atom stereocenters. The third-order valence-electron chi connectivity index (χ3n) is 6.18. The van der Waals surface area contributed by atoms with Gasteiger partial charge in [-0.05, 0) is 44.9 Å². The number of aromatic nitrogens is 6. The molecule has 1 aliphatic rings. The summed E-state index contributed by atoms with van der Waals surface area (Å²) in [4.78, 5) is 35.5. The first kappa shape index (κ1) is 22.5. The first-order valence-corrected chi connectivity index (χ1v) is 11.3. The zero-order chi connectivity index (χ0) is 24.0. The van der Waals surface area contributed by atoms with Crippen molar-refractivity contribution in [3.8, 4) is 11.3 Å². The largest absolute Gasteiger partial charge is 0.373 e. The summed E-state index contributed by atoms with van der Waals surface area (Å²) in [5.41, 5.74) is 1.47. The molecule has 1 aliphatic heterocycles. The van der Waals surface area contributed by atoms with Crippen LogP contribution in [-0.2, 0) is 11.8 Å². The SMILES string of the molecule is Cc1ncc([C@H]2C[C@@H](c3nc(-c4ccc(Cl)cc4F)c4nc(C)n(C)c(=O)c4n3)CCO2)cn1. The van der Waals surface area contributed by atoms with Crippen LogP contribution in [0.5, 0.6) is 0 Å². The van der Waals surface area contributed by atoms with Crippen molar-refractivity contribution >= 4 is 22.6 Å². The molecule has 2 atom stereocenters. The van der Waals surface area contributed by atoms with Crippen molar-refractivity contribution in [3.05, 3.63) is 74.8 Å². The fraction of sp³-hybridized carbons (Fsp3) is 0.333. The Hall–Kier alpha value is -3.30. The zero-order valence-corrected chi connectivity index (χ0v) is 19.7. The Balaban J connectivity index is 1.65. The highest BCUT2D eigenvalue weighted by Crippen LogP contribution is 2.37. The number of hydrogen-bond acceptors (Lipinski definition) is 7. The molecule has 1 saturated heterocycles. The highest BCUT2D eigenvalue weighted by atomic mass is 35.5. The molecule has 5 rings (SSSR count). The minimum Gasteiger partial charge on any atom is -0.373 e. The number of hydrogen-bond donors (Lipinski definition) is 0. The van der Waals surface area contributed by atoms with Crippen molar-refractivity contribution in [1.29, 1.82) is 0 Å². The maximum atomic E-state index is 14.9.